The van der Waals surface area contributed by atoms with E-state index in [4.69, 9.17) is 4.74 Å². The molecule has 0 aliphatic carbocycles. The minimum Gasteiger partial charge on any atom is -0.465 e. The van der Waals surface area contributed by atoms with Crippen molar-refractivity contribution < 1.29 is 13.9 Å². The zero-order valence-corrected chi connectivity index (χ0v) is 12.0. The third-order valence-electron chi connectivity index (χ3n) is 3.69. The van der Waals surface area contributed by atoms with Crippen molar-refractivity contribution in [2.45, 2.75) is 20.0 Å². The lowest BCUT2D eigenvalue weighted by Gasteiger charge is -2.18. The molecule has 21 heavy (non-hydrogen) atoms. The van der Waals surface area contributed by atoms with Gasteiger partial charge in [0.2, 0.25) is 0 Å². The van der Waals surface area contributed by atoms with Crippen molar-refractivity contribution in [3.63, 3.8) is 0 Å². The van der Waals surface area contributed by atoms with E-state index in [9.17, 15) is 9.18 Å². The summed E-state index contributed by atoms with van der Waals surface area (Å²) in [5, 5.41) is 4.35. The maximum Gasteiger partial charge on any atom is 0.343 e. The molecule has 110 valence electrons. The summed E-state index contributed by atoms with van der Waals surface area (Å²) in [6.07, 6.45) is 0. The Morgan fingerprint density at radius 3 is 2.86 bits per heavy atom. The number of nitrogens with zero attached hydrogens (tertiary/aromatic N) is 3. The van der Waals surface area contributed by atoms with Gasteiger partial charge >= 0.3 is 5.97 Å². The Morgan fingerprint density at radius 2 is 2.14 bits per heavy atom. The number of carbonyl (C=O) groups excluding carboxylic acids is 1. The Kier molecular flexibility index (Phi) is 3.37. The summed E-state index contributed by atoms with van der Waals surface area (Å²) < 4.78 is 20.4. The molecule has 0 saturated carbocycles. The van der Waals surface area contributed by atoms with Gasteiger partial charge in [0, 0.05) is 18.7 Å². The Morgan fingerprint density at radius 1 is 1.38 bits per heavy atom. The highest BCUT2D eigenvalue weighted by Gasteiger charge is 2.30. The first-order valence-electron chi connectivity index (χ1n) is 6.76. The fourth-order valence-corrected chi connectivity index (χ4v) is 2.70. The molecule has 1 aliphatic heterocycles. The van der Waals surface area contributed by atoms with Crippen molar-refractivity contribution in [1.29, 1.82) is 0 Å². The monoisotopic (exact) mass is 289 g/mol. The molecule has 5 nitrogen and oxygen atoms in total. The number of hydrogen-bond donors (Lipinski definition) is 0. The van der Waals surface area contributed by atoms with Gasteiger partial charge in [-0.2, -0.15) is 5.10 Å². The molecule has 2 aromatic rings. The number of benzene rings is 1. The van der Waals surface area contributed by atoms with Crippen LogP contribution in [0.2, 0.25) is 0 Å². The fraction of sp³-hybridized carbons (Fsp3) is 0.333. The molecular formula is C15H16FN3O2. The van der Waals surface area contributed by atoms with Crippen molar-refractivity contribution >= 4 is 11.8 Å². The topological polar surface area (TPSA) is 47.4 Å². The molecule has 3 rings (SSSR count). The smallest absolute Gasteiger partial charge is 0.343 e. The van der Waals surface area contributed by atoms with Crippen molar-refractivity contribution in [3.05, 3.63) is 46.9 Å². The standard InChI is InChI=1S/C15H16FN3O2/c1-10-13(15(20)21-2)14-18(7-8-19(14)17-10)9-11-5-3-4-6-12(11)16/h3-6H,7-9H2,1-2H3. The van der Waals surface area contributed by atoms with E-state index in [1.54, 1.807) is 29.8 Å². The third kappa shape index (κ3) is 2.26. The number of anilines is 1. The van der Waals surface area contributed by atoms with Crippen LogP contribution in [0.5, 0.6) is 0 Å². The van der Waals surface area contributed by atoms with E-state index in [0.29, 0.717) is 42.3 Å². The maximum absolute atomic E-state index is 13.8. The highest BCUT2D eigenvalue weighted by molar-refractivity contribution is 5.96. The van der Waals surface area contributed by atoms with Gasteiger partial charge in [-0.3, -0.25) is 0 Å². The highest BCUT2D eigenvalue weighted by Crippen LogP contribution is 2.30. The quantitative estimate of drug-likeness (QED) is 0.812. The van der Waals surface area contributed by atoms with Crippen LogP contribution in [-0.4, -0.2) is 29.4 Å². The molecule has 0 N–H and O–H groups in total. The molecule has 6 heteroatoms. The van der Waals surface area contributed by atoms with Crippen molar-refractivity contribution in [1.82, 2.24) is 9.78 Å². The SMILES string of the molecule is COC(=O)c1c(C)nn2c1N(Cc1ccccc1F)CC2. The van der Waals surface area contributed by atoms with Gasteiger partial charge in [-0.15, -0.1) is 0 Å². The molecule has 0 fully saturated rings. The molecule has 0 spiro atoms. The molecule has 0 atom stereocenters. The number of fused-ring (bicyclic) bond motifs is 1. The van der Waals surface area contributed by atoms with Crippen LogP contribution in [0.4, 0.5) is 10.2 Å². The molecule has 0 radical (unpaired) electrons. The van der Waals surface area contributed by atoms with Gasteiger partial charge in [-0.1, -0.05) is 18.2 Å². The minimum absolute atomic E-state index is 0.244. The van der Waals surface area contributed by atoms with E-state index in [0.717, 1.165) is 0 Å². The summed E-state index contributed by atoms with van der Waals surface area (Å²) in [5.41, 5.74) is 1.70. The van der Waals surface area contributed by atoms with Gasteiger partial charge in [0.1, 0.15) is 17.2 Å². The summed E-state index contributed by atoms with van der Waals surface area (Å²) in [4.78, 5) is 13.9. The summed E-state index contributed by atoms with van der Waals surface area (Å²) >= 11 is 0. The van der Waals surface area contributed by atoms with E-state index in [1.807, 2.05) is 4.90 Å². The first-order valence-corrected chi connectivity index (χ1v) is 6.76. The Hall–Kier alpha value is -2.37. The van der Waals surface area contributed by atoms with Gasteiger partial charge in [0.15, 0.2) is 0 Å². The lowest BCUT2D eigenvalue weighted by atomic mass is 10.2. The van der Waals surface area contributed by atoms with Crippen LogP contribution >= 0.6 is 0 Å². The van der Waals surface area contributed by atoms with E-state index in [2.05, 4.69) is 5.10 Å². The number of carbonyl (C=O) groups is 1. The highest BCUT2D eigenvalue weighted by atomic mass is 19.1. The second-order valence-electron chi connectivity index (χ2n) is 5.01. The number of hydrogen-bond acceptors (Lipinski definition) is 4. The summed E-state index contributed by atoms with van der Waals surface area (Å²) in [5.74, 6) is 0.0589. The average molecular weight is 289 g/mol. The number of aryl methyl sites for hydroxylation is 1. The first kappa shape index (κ1) is 13.6. The summed E-state index contributed by atoms with van der Waals surface area (Å²) in [7, 11) is 1.35. The Balaban J connectivity index is 1.96. The minimum atomic E-state index is -0.408. The summed E-state index contributed by atoms with van der Waals surface area (Å²) in [6.45, 7) is 3.56. The number of halogens is 1. The van der Waals surface area contributed by atoms with Gasteiger partial charge in [0.05, 0.1) is 19.3 Å². The molecular weight excluding hydrogens is 273 g/mol. The zero-order valence-electron chi connectivity index (χ0n) is 12.0. The maximum atomic E-state index is 13.8. The lowest BCUT2D eigenvalue weighted by Crippen LogP contribution is -2.22. The van der Waals surface area contributed by atoms with Crippen LogP contribution in [0, 0.1) is 12.7 Å². The van der Waals surface area contributed by atoms with E-state index >= 15 is 0 Å². The van der Waals surface area contributed by atoms with Gasteiger partial charge in [0.25, 0.3) is 0 Å². The molecule has 1 aromatic heterocycles. The van der Waals surface area contributed by atoms with E-state index < -0.39 is 5.97 Å². The van der Waals surface area contributed by atoms with Crippen LogP contribution in [0.3, 0.4) is 0 Å². The van der Waals surface area contributed by atoms with Crippen molar-refractivity contribution in [2.75, 3.05) is 18.6 Å². The number of ether oxygens (including phenoxy) is 1. The molecule has 0 amide bonds. The number of aromatic nitrogens is 2. The van der Waals surface area contributed by atoms with Gasteiger partial charge in [-0.05, 0) is 13.0 Å². The van der Waals surface area contributed by atoms with Crippen LogP contribution in [0.1, 0.15) is 21.6 Å². The molecule has 2 heterocycles. The van der Waals surface area contributed by atoms with Gasteiger partial charge in [-0.25, -0.2) is 13.9 Å². The second kappa shape index (κ2) is 5.20. The fourth-order valence-electron chi connectivity index (χ4n) is 2.70. The lowest BCUT2D eigenvalue weighted by molar-refractivity contribution is 0.0600. The molecule has 1 aliphatic rings. The van der Waals surface area contributed by atoms with Gasteiger partial charge < -0.3 is 9.64 Å². The summed E-state index contributed by atoms with van der Waals surface area (Å²) in [6, 6.07) is 6.66. The van der Waals surface area contributed by atoms with Crippen molar-refractivity contribution in [2.24, 2.45) is 0 Å². The normalized spacial score (nSPS) is 13.4. The predicted octanol–water partition coefficient (Wildman–Crippen LogP) is 2.14. The number of esters is 1. The van der Waals surface area contributed by atoms with Crippen LogP contribution in [0.25, 0.3) is 0 Å². The zero-order chi connectivity index (χ0) is 15.0. The van der Waals surface area contributed by atoms with Crippen LogP contribution < -0.4 is 4.90 Å². The number of rotatable bonds is 3. The average Bonchev–Trinajstić information content (AvgIpc) is 2.99. The van der Waals surface area contributed by atoms with Crippen LogP contribution in [0.15, 0.2) is 24.3 Å². The first-order chi connectivity index (χ1) is 10.1. The largest absolute Gasteiger partial charge is 0.465 e. The molecule has 1 aromatic carbocycles. The molecule has 0 unspecified atom stereocenters. The molecule has 0 saturated heterocycles. The second-order valence-corrected chi connectivity index (χ2v) is 5.01. The number of methoxy groups -OCH3 is 1. The Bertz CT molecular complexity index is 696. The predicted molar refractivity (Wildman–Crippen MR) is 75.8 cm³/mol. The van der Waals surface area contributed by atoms with E-state index in [1.165, 1.54) is 13.2 Å². The van der Waals surface area contributed by atoms with Crippen molar-refractivity contribution in [3.8, 4) is 0 Å². The molecule has 0 bridgehead atoms. The van der Waals surface area contributed by atoms with E-state index in [-0.39, 0.29) is 5.82 Å². The Labute approximate surface area is 121 Å². The van der Waals surface area contributed by atoms with Crippen LogP contribution in [-0.2, 0) is 17.8 Å². The third-order valence-corrected chi connectivity index (χ3v) is 3.69.